The summed E-state index contributed by atoms with van der Waals surface area (Å²) in [5, 5.41) is 5.13. The number of hydrogen-bond acceptors (Lipinski definition) is 3. The Hall–Kier alpha value is -0.870. The molecule has 4 heteroatoms. The zero-order chi connectivity index (χ0) is 14.0. The molecule has 0 spiro atoms. The first-order valence-electron chi connectivity index (χ1n) is 7.86. The van der Waals surface area contributed by atoms with Crippen LogP contribution in [0, 0.1) is 0 Å². The van der Waals surface area contributed by atoms with Crippen molar-refractivity contribution in [1.29, 1.82) is 0 Å². The number of likely N-dealkylation sites (tertiary alicyclic amines) is 1. The van der Waals surface area contributed by atoms with Crippen LogP contribution in [0.15, 0.2) is 17.5 Å². The number of carbonyl (C=O) groups is 1. The highest BCUT2D eigenvalue weighted by atomic mass is 32.1. The lowest BCUT2D eigenvalue weighted by molar-refractivity contribution is -0.121. The number of carbonyl (C=O) groups excluding carboxylic acids is 1. The molecule has 1 saturated heterocycles. The van der Waals surface area contributed by atoms with Crippen LogP contribution in [0.5, 0.6) is 0 Å². The Kier molecular flexibility index (Phi) is 7.09. The fourth-order valence-corrected chi connectivity index (χ4v) is 3.43. The third-order valence-corrected chi connectivity index (χ3v) is 4.77. The van der Waals surface area contributed by atoms with Gasteiger partial charge in [0.05, 0.1) is 0 Å². The lowest BCUT2D eigenvalue weighted by Gasteiger charge is -2.26. The normalized spacial score (nSPS) is 16.2. The lowest BCUT2D eigenvalue weighted by atomic mass is 10.1. The van der Waals surface area contributed by atoms with E-state index in [2.05, 4.69) is 27.7 Å². The summed E-state index contributed by atoms with van der Waals surface area (Å²) < 4.78 is 0. The van der Waals surface area contributed by atoms with Crippen LogP contribution in [-0.2, 0) is 11.2 Å². The summed E-state index contributed by atoms with van der Waals surface area (Å²) in [7, 11) is 0. The maximum Gasteiger partial charge on any atom is 0.220 e. The van der Waals surface area contributed by atoms with Crippen molar-refractivity contribution in [2.75, 3.05) is 26.2 Å². The van der Waals surface area contributed by atoms with E-state index in [1.54, 1.807) is 11.3 Å². The molecule has 2 heterocycles. The number of hydrogen-bond donors (Lipinski definition) is 1. The molecule has 1 aliphatic rings. The van der Waals surface area contributed by atoms with Gasteiger partial charge in [0.25, 0.3) is 0 Å². The van der Waals surface area contributed by atoms with Gasteiger partial charge in [-0.25, -0.2) is 0 Å². The van der Waals surface area contributed by atoms with Crippen LogP contribution in [-0.4, -0.2) is 37.0 Å². The standard InChI is InChI=1S/C16H26N2OS/c19-16(9-4-7-15-8-5-14-20-15)17-10-6-13-18-11-2-1-3-12-18/h5,8,14H,1-4,6-7,9-13H2,(H,17,19). The van der Waals surface area contributed by atoms with Crippen LogP contribution in [0.1, 0.15) is 43.4 Å². The average molecular weight is 294 g/mol. The van der Waals surface area contributed by atoms with E-state index in [4.69, 9.17) is 0 Å². The molecular formula is C16H26N2OS. The molecule has 0 aliphatic carbocycles. The third-order valence-electron chi connectivity index (χ3n) is 3.83. The Morgan fingerprint density at radius 2 is 2.10 bits per heavy atom. The molecular weight excluding hydrogens is 268 g/mol. The van der Waals surface area contributed by atoms with Gasteiger partial charge in [0.1, 0.15) is 0 Å². The second-order valence-corrected chi connectivity index (χ2v) is 6.57. The summed E-state index contributed by atoms with van der Waals surface area (Å²) in [5.41, 5.74) is 0. The highest BCUT2D eigenvalue weighted by Gasteiger charge is 2.09. The number of nitrogens with one attached hydrogen (secondary N) is 1. The number of thiophene rings is 1. The van der Waals surface area contributed by atoms with E-state index in [1.165, 1.54) is 37.2 Å². The fraction of sp³-hybridized carbons (Fsp3) is 0.688. The average Bonchev–Trinajstić information content (AvgIpc) is 2.98. The van der Waals surface area contributed by atoms with Crippen molar-refractivity contribution in [2.45, 2.75) is 44.9 Å². The highest BCUT2D eigenvalue weighted by Crippen LogP contribution is 2.12. The van der Waals surface area contributed by atoms with Gasteiger partial charge < -0.3 is 10.2 Å². The smallest absolute Gasteiger partial charge is 0.220 e. The zero-order valence-electron chi connectivity index (χ0n) is 12.3. The topological polar surface area (TPSA) is 32.3 Å². The quantitative estimate of drug-likeness (QED) is 0.747. The molecule has 112 valence electrons. The first-order chi connectivity index (χ1) is 9.84. The molecule has 1 aromatic heterocycles. The summed E-state index contributed by atoms with van der Waals surface area (Å²) in [6.45, 7) is 4.45. The van der Waals surface area contributed by atoms with E-state index < -0.39 is 0 Å². The van der Waals surface area contributed by atoms with Crippen LogP contribution < -0.4 is 5.32 Å². The van der Waals surface area contributed by atoms with Crippen molar-refractivity contribution >= 4 is 17.2 Å². The Labute approximate surface area is 126 Å². The van der Waals surface area contributed by atoms with Crippen LogP contribution in [0.4, 0.5) is 0 Å². The maximum atomic E-state index is 11.7. The number of aryl methyl sites for hydroxylation is 1. The molecule has 1 N–H and O–H groups in total. The van der Waals surface area contributed by atoms with Gasteiger partial charge >= 0.3 is 0 Å². The molecule has 0 saturated carbocycles. The SMILES string of the molecule is O=C(CCCc1cccs1)NCCCN1CCCCC1. The van der Waals surface area contributed by atoms with Crippen LogP contribution in [0.2, 0.25) is 0 Å². The minimum absolute atomic E-state index is 0.209. The molecule has 0 bridgehead atoms. The Bertz CT molecular complexity index is 372. The largest absolute Gasteiger partial charge is 0.356 e. The van der Waals surface area contributed by atoms with E-state index in [-0.39, 0.29) is 5.91 Å². The van der Waals surface area contributed by atoms with Crippen LogP contribution in [0.3, 0.4) is 0 Å². The fourth-order valence-electron chi connectivity index (χ4n) is 2.68. The van der Waals surface area contributed by atoms with Crippen molar-refractivity contribution in [2.24, 2.45) is 0 Å². The molecule has 1 amide bonds. The summed E-state index contributed by atoms with van der Waals surface area (Å²) in [4.78, 5) is 15.6. The number of amides is 1. The zero-order valence-corrected chi connectivity index (χ0v) is 13.1. The van der Waals surface area contributed by atoms with Gasteiger partial charge in [-0.2, -0.15) is 0 Å². The highest BCUT2D eigenvalue weighted by molar-refractivity contribution is 7.09. The molecule has 20 heavy (non-hydrogen) atoms. The van der Waals surface area contributed by atoms with Crippen molar-refractivity contribution in [3.63, 3.8) is 0 Å². The maximum absolute atomic E-state index is 11.7. The van der Waals surface area contributed by atoms with Crippen molar-refractivity contribution in [3.05, 3.63) is 22.4 Å². The van der Waals surface area contributed by atoms with E-state index in [0.29, 0.717) is 6.42 Å². The Balaban J connectivity index is 1.45. The van der Waals surface area contributed by atoms with Gasteiger partial charge in [-0.3, -0.25) is 4.79 Å². The molecule has 2 rings (SSSR count). The lowest BCUT2D eigenvalue weighted by Crippen LogP contribution is -2.33. The summed E-state index contributed by atoms with van der Waals surface area (Å²) >= 11 is 1.77. The summed E-state index contributed by atoms with van der Waals surface area (Å²) in [5.74, 6) is 0.209. The molecule has 0 aromatic carbocycles. The van der Waals surface area contributed by atoms with E-state index in [0.717, 1.165) is 32.4 Å². The predicted octanol–water partition coefficient (Wildman–Crippen LogP) is 3.06. The molecule has 1 aliphatic heterocycles. The number of nitrogens with zero attached hydrogens (tertiary/aromatic N) is 1. The van der Waals surface area contributed by atoms with Crippen molar-refractivity contribution < 1.29 is 4.79 Å². The monoisotopic (exact) mass is 294 g/mol. The molecule has 0 atom stereocenters. The first-order valence-corrected chi connectivity index (χ1v) is 8.74. The molecule has 1 fully saturated rings. The van der Waals surface area contributed by atoms with Gasteiger partial charge in [0, 0.05) is 17.8 Å². The van der Waals surface area contributed by atoms with E-state index in [9.17, 15) is 4.79 Å². The third kappa shape index (κ3) is 6.06. The van der Waals surface area contributed by atoms with Gasteiger partial charge in [-0.05, 0) is 63.2 Å². The van der Waals surface area contributed by atoms with Gasteiger partial charge in [0.2, 0.25) is 5.91 Å². The molecule has 1 aromatic rings. The van der Waals surface area contributed by atoms with Crippen LogP contribution in [0.25, 0.3) is 0 Å². The van der Waals surface area contributed by atoms with Gasteiger partial charge in [0.15, 0.2) is 0 Å². The van der Waals surface area contributed by atoms with Crippen molar-refractivity contribution in [1.82, 2.24) is 10.2 Å². The van der Waals surface area contributed by atoms with Gasteiger partial charge in [-0.15, -0.1) is 11.3 Å². The first kappa shape index (κ1) is 15.5. The van der Waals surface area contributed by atoms with Crippen molar-refractivity contribution in [3.8, 4) is 0 Å². The minimum atomic E-state index is 0.209. The minimum Gasteiger partial charge on any atom is -0.356 e. The molecule has 0 unspecified atom stereocenters. The second kappa shape index (κ2) is 9.14. The van der Waals surface area contributed by atoms with E-state index in [1.807, 2.05) is 0 Å². The second-order valence-electron chi connectivity index (χ2n) is 5.54. The summed E-state index contributed by atoms with van der Waals surface area (Å²) in [6, 6.07) is 4.21. The number of piperidine rings is 1. The Morgan fingerprint density at radius 3 is 2.85 bits per heavy atom. The summed E-state index contributed by atoms with van der Waals surface area (Å²) in [6.07, 6.45) is 7.79. The molecule has 0 radical (unpaired) electrons. The predicted molar refractivity (Wildman–Crippen MR) is 85.2 cm³/mol. The van der Waals surface area contributed by atoms with E-state index >= 15 is 0 Å². The molecule has 3 nitrogen and oxygen atoms in total. The van der Waals surface area contributed by atoms with Crippen LogP contribution >= 0.6 is 11.3 Å². The van der Waals surface area contributed by atoms with Gasteiger partial charge in [-0.1, -0.05) is 12.5 Å². The number of rotatable bonds is 8. The Morgan fingerprint density at radius 1 is 1.25 bits per heavy atom.